The molecule has 1 aromatic carbocycles. The summed E-state index contributed by atoms with van der Waals surface area (Å²) in [5.74, 6) is -1.41. The first-order valence-electron chi connectivity index (χ1n) is 8.39. The molecule has 0 bridgehead atoms. The van der Waals surface area contributed by atoms with Gasteiger partial charge in [0.05, 0.1) is 23.6 Å². The van der Waals surface area contributed by atoms with Crippen molar-refractivity contribution in [2.45, 2.75) is 33.2 Å². The van der Waals surface area contributed by atoms with E-state index >= 15 is 0 Å². The molecule has 1 aromatic heterocycles. The molecule has 0 spiro atoms. The smallest absolute Gasteiger partial charge is 0.307 e. The van der Waals surface area contributed by atoms with E-state index in [4.69, 9.17) is 28.3 Å². The van der Waals surface area contributed by atoms with Crippen LogP contribution >= 0.6 is 23.2 Å². The Morgan fingerprint density at radius 3 is 2.59 bits per heavy atom. The summed E-state index contributed by atoms with van der Waals surface area (Å²) in [6.07, 6.45) is 0.158. The van der Waals surface area contributed by atoms with E-state index in [9.17, 15) is 14.4 Å². The van der Waals surface area contributed by atoms with Crippen molar-refractivity contribution in [3.8, 4) is 0 Å². The van der Waals surface area contributed by atoms with Crippen LogP contribution in [0.5, 0.6) is 0 Å². The Bertz CT molecular complexity index is 1010. The van der Waals surface area contributed by atoms with E-state index < -0.39 is 5.97 Å². The number of H-pyrrole nitrogens is 1. The predicted octanol–water partition coefficient (Wildman–Crippen LogP) is 3.12. The van der Waals surface area contributed by atoms with E-state index in [1.807, 2.05) is 13.0 Å². The van der Waals surface area contributed by atoms with E-state index in [1.54, 1.807) is 11.8 Å². The van der Waals surface area contributed by atoms with Gasteiger partial charge in [0.15, 0.2) is 0 Å². The van der Waals surface area contributed by atoms with Crippen molar-refractivity contribution in [2.75, 3.05) is 6.54 Å². The van der Waals surface area contributed by atoms with Crippen LogP contribution in [0.4, 0.5) is 0 Å². The molecule has 1 aliphatic rings. The first-order valence-corrected chi connectivity index (χ1v) is 9.14. The van der Waals surface area contributed by atoms with Crippen LogP contribution in [-0.4, -0.2) is 33.4 Å². The number of rotatable bonds is 4. The molecule has 1 amide bonds. The number of aromatic amines is 1. The second kappa shape index (κ2) is 7.37. The van der Waals surface area contributed by atoms with Gasteiger partial charge < -0.3 is 15.0 Å². The number of aryl methyl sites for hydroxylation is 2. The zero-order chi connectivity index (χ0) is 19.9. The summed E-state index contributed by atoms with van der Waals surface area (Å²) in [6.45, 7) is 4.17. The fraction of sp³-hybridized carbons (Fsp3) is 0.316. The number of fused-ring (bicyclic) bond motifs is 1. The molecule has 0 aliphatic carbocycles. The topological polar surface area (TPSA) is 90.5 Å². The average Bonchev–Trinajstić information content (AvgIpc) is 2.56. The number of hydrogen-bond acceptors (Lipinski definition) is 3. The predicted molar refractivity (Wildman–Crippen MR) is 103 cm³/mol. The van der Waals surface area contributed by atoms with E-state index in [2.05, 4.69) is 4.98 Å². The minimum absolute atomic E-state index is 0.112. The maximum absolute atomic E-state index is 13.0. The lowest BCUT2D eigenvalue weighted by Crippen LogP contribution is -2.39. The van der Waals surface area contributed by atoms with E-state index in [-0.39, 0.29) is 35.0 Å². The van der Waals surface area contributed by atoms with Gasteiger partial charge in [0.25, 0.3) is 11.5 Å². The molecule has 8 heteroatoms. The number of nitrogens with zero attached hydrogens (tertiary/aromatic N) is 1. The van der Waals surface area contributed by atoms with Gasteiger partial charge in [-0.1, -0.05) is 23.2 Å². The number of benzene rings is 1. The minimum Gasteiger partial charge on any atom is -0.481 e. The van der Waals surface area contributed by atoms with E-state index in [1.165, 1.54) is 6.07 Å². The first-order chi connectivity index (χ1) is 12.7. The fourth-order valence-corrected chi connectivity index (χ4v) is 4.04. The Balaban J connectivity index is 2.00. The second-order valence-corrected chi connectivity index (χ2v) is 7.46. The molecule has 0 saturated heterocycles. The average molecular weight is 409 g/mol. The lowest BCUT2D eigenvalue weighted by Gasteiger charge is -2.30. The first kappa shape index (κ1) is 19.5. The molecular weight excluding hydrogens is 391 g/mol. The third-order valence-corrected chi connectivity index (χ3v) is 5.48. The normalized spacial score (nSPS) is 13.6. The summed E-state index contributed by atoms with van der Waals surface area (Å²) in [6, 6.07) is 3.36. The van der Waals surface area contributed by atoms with Crippen molar-refractivity contribution in [2.24, 2.45) is 0 Å². The van der Waals surface area contributed by atoms with Crippen LogP contribution in [0.3, 0.4) is 0 Å². The molecule has 2 aromatic rings. The molecule has 142 valence electrons. The van der Waals surface area contributed by atoms with Gasteiger partial charge in [-0.2, -0.15) is 0 Å². The van der Waals surface area contributed by atoms with Gasteiger partial charge >= 0.3 is 5.97 Å². The van der Waals surface area contributed by atoms with Gasteiger partial charge in [0.1, 0.15) is 0 Å². The third-order valence-electron chi connectivity index (χ3n) is 4.71. The highest BCUT2D eigenvalue weighted by Crippen LogP contribution is 2.35. The molecule has 2 heterocycles. The van der Waals surface area contributed by atoms with Crippen molar-refractivity contribution in [1.82, 2.24) is 9.88 Å². The highest BCUT2D eigenvalue weighted by atomic mass is 35.5. The van der Waals surface area contributed by atoms with Crippen LogP contribution in [0.1, 0.15) is 38.3 Å². The van der Waals surface area contributed by atoms with Crippen LogP contribution in [0, 0.1) is 13.8 Å². The number of pyridine rings is 1. The summed E-state index contributed by atoms with van der Waals surface area (Å²) in [4.78, 5) is 40.7. The van der Waals surface area contributed by atoms with Crippen LogP contribution in [-0.2, 0) is 24.2 Å². The molecular formula is C19H18Cl2N2O4. The molecule has 0 fully saturated rings. The molecule has 27 heavy (non-hydrogen) atoms. The van der Waals surface area contributed by atoms with Gasteiger partial charge in [0.2, 0.25) is 0 Å². The van der Waals surface area contributed by atoms with Crippen LogP contribution in [0.15, 0.2) is 16.9 Å². The van der Waals surface area contributed by atoms with E-state index in [0.29, 0.717) is 34.7 Å². The Morgan fingerprint density at radius 2 is 1.96 bits per heavy atom. The number of aromatic nitrogens is 1. The third kappa shape index (κ3) is 3.73. The second-order valence-electron chi connectivity index (χ2n) is 6.68. The number of carbonyl (C=O) groups excluding carboxylic acids is 1. The maximum Gasteiger partial charge on any atom is 0.307 e. The van der Waals surface area contributed by atoms with Crippen LogP contribution in [0.25, 0.3) is 0 Å². The monoisotopic (exact) mass is 408 g/mol. The number of amides is 1. The van der Waals surface area contributed by atoms with Gasteiger partial charge in [-0.3, -0.25) is 14.4 Å². The Hall–Kier alpha value is -2.31. The minimum atomic E-state index is -1.06. The fourth-order valence-electron chi connectivity index (χ4n) is 3.40. The van der Waals surface area contributed by atoms with Crippen molar-refractivity contribution in [3.05, 3.63) is 66.0 Å². The Labute approximate surface area is 165 Å². The highest BCUT2D eigenvalue weighted by molar-refractivity contribution is 6.37. The van der Waals surface area contributed by atoms with Gasteiger partial charge in [0, 0.05) is 22.8 Å². The lowest BCUT2D eigenvalue weighted by molar-refractivity contribution is -0.136. The van der Waals surface area contributed by atoms with Gasteiger partial charge in [-0.25, -0.2) is 0 Å². The number of carbonyl (C=O) groups is 2. The number of hydrogen-bond donors (Lipinski definition) is 2. The standard InChI is InChI=1S/C19H18Cl2N2O4/c1-9-5-10(2)22-18(26)13(9)8-23-4-3-12-14(20)6-11(7-15(24)25)17(21)16(12)19(23)27/h5-6H,3-4,7-8H2,1-2H3,(H,22,26)(H,24,25). The molecule has 3 rings (SSSR count). The number of nitrogens with one attached hydrogen (secondary N) is 1. The van der Waals surface area contributed by atoms with Crippen LogP contribution < -0.4 is 5.56 Å². The van der Waals surface area contributed by atoms with Gasteiger partial charge in [-0.15, -0.1) is 0 Å². The molecule has 1 aliphatic heterocycles. The van der Waals surface area contributed by atoms with Crippen molar-refractivity contribution in [1.29, 1.82) is 0 Å². The molecule has 2 N–H and O–H groups in total. The molecule has 0 radical (unpaired) electrons. The number of carboxylic acid groups (broad SMARTS) is 1. The quantitative estimate of drug-likeness (QED) is 0.812. The summed E-state index contributed by atoms with van der Waals surface area (Å²) < 4.78 is 0. The summed E-state index contributed by atoms with van der Waals surface area (Å²) in [5, 5.41) is 9.50. The number of carboxylic acids is 1. The molecule has 0 saturated carbocycles. The Morgan fingerprint density at radius 1 is 1.26 bits per heavy atom. The molecule has 0 atom stereocenters. The van der Waals surface area contributed by atoms with Gasteiger partial charge in [-0.05, 0) is 49.1 Å². The summed E-state index contributed by atoms with van der Waals surface area (Å²) in [7, 11) is 0. The van der Waals surface area contributed by atoms with Crippen molar-refractivity contribution in [3.63, 3.8) is 0 Å². The largest absolute Gasteiger partial charge is 0.481 e. The van der Waals surface area contributed by atoms with Crippen molar-refractivity contribution >= 4 is 35.1 Å². The number of aliphatic carboxylic acids is 1. The summed E-state index contributed by atoms with van der Waals surface area (Å²) in [5.41, 5.74) is 2.99. The molecule has 0 unspecified atom stereocenters. The maximum atomic E-state index is 13.0. The summed E-state index contributed by atoms with van der Waals surface area (Å²) >= 11 is 12.6. The number of halogens is 2. The lowest BCUT2D eigenvalue weighted by atomic mass is 9.94. The highest BCUT2D eigenvalue weighted by Gasteiger charge is 2.31. The molecule has 6 nitrogen and oxygen atoms in total. The zero-order valence-electron chi connectivity index (χ0n) is 14.9. The van der Waals surface area contributed by atoms with Crippen molar-refractivity contribution < 1.29 is 14.7 Å². The van der Waals surface area contributed by atoms with E-state index in [0.717, 1.165) is 11.3 Å². The SMILES string of the molecule is Cc1cc(C)c(CN2CCc3c(Cl)cc(CC(=O)O)c(Cl)c3C2=O)c(=O)[nH]1. The Kier molecular flexibility index (Phi) is 5.31. The van der Waals surface area contributed by atoms with Crippen LogP contribution in [0.2, 0.25) is 10.0 Å². The zero-order valence-corrected chi connectivity index (χ0v) is 16.4.